The molecule has 0 aromatic heterocycles. The fraction of sp³-hybridized carbons (Fsp3) is 0.923. The zero-order chi connectivity index (χ0) is 13.9. The number of aliphatic imine (C=N–C) groups is 1. The Kier molecular flexibility index (Phi) is 9.03. The van der Waals surface area contributed by atoms with E-state index in [0.717, 1.165) is 38.7 Å². The summed E-state index contributed by atoms with van der Waals surface area (Å²) in [4.78, 5) is 6.53. The molecular formula is C13H28N4OS. The summed E-state index contributed by atoms with van der Waals surface area (Å²) in [5.41, 5.74) is 0. The Morgan fingerprint density at radius 1 is 1.42 bits per heavy atom. The molecule has 5 nitrogen and oxygen atoms in total. The van der Waals surface area contributed by atoms with Crippen LogP contribution in [-0.4, -0.2) is 75.9 Å². The van der Waals surface area contributed by atoms with Crippen LogP contribution in [0.15, 0.2) is 4.99 Å². The van der Waals surface area contributed by atoms with Gasteiger partial charge in [0.1, 0.15) is 0 Å². The number of rotatable bonds is 7. The predicted molar refractivity (Wildman–Crippen MR) is 84.2 cm³/mol. The highest BCUT2D eigenvalue weighted by molar-refractivity contribution is 7.98. The van der Waals surface area contributed by atoms with Gasteiger partial charge in [0, 0.05) is 33.2 Å². The first kappa shape index (κ1) is 16.6. The third-order valence-corrected chi connectivity index (χ3v) is 3.83. The van der Waals surface area contributed by atoms with Crippen molar-refractivity contribution in [1.29, 1.82) is 0 Å². The molecule has 0 radical (unpaired) electrons. The van der Waals surface area contributed by atoms with E-state index < -0.39 is 0 Å². The molecule has 2 N–H and O–H groups in total. The molecule has 6 heteroatoms. The van der Waals surface area contributed by atoms with Crippen molar-refractivity contribution in [2.45, 2.75) is 18.9 Å². The normalized spacial score (nSPS) is 21.4. The van der Waals surface area contributed by atoms with Crippen LogP contribution in [0.4, 0.5) is 0 Å². The van der Waals surface area contributed by atoms with Gasteiger partial charge in [-0.25, -0.2) is 0 Å². The first-order chi connectivity index (χ1) is 9.26. The molecule has 0 aromatic carbocycles. The van der Waals surface area contributed by atoms with Gasteiger partial charge in [-0.3, -0.25) is 4.99 Å². The van der Waals surface area contributed by atoms with Crippen molar-refractivity contribution in [2.24, 2.45) is 4.99 Å². The Balaban J connectivity index is 2.11. The highest BCUT2D eigenvalue weighted by atomic mass is 32.2. The van der Waals surface area contributed by atoms with E-state index in [4.69, 9.17) is 4.74 Å². The van der Waals surface area contributed by atoms with Crippen LogP contribution in [0, 0.1) is 0 Å². The van der Waals surface area contributed by atoms with Gasteiger partial charge >= 0.3 is 0 Å². The van der Waals surface area contributed by atoms with Gasteiger partial charge in [-0.1, -0.05) is 0 Å². The van der Waals surface area contributed by atoms with Crippen LogP contribution in [0.2, 0.25) is 0 Å². The average molecular weight is 288 g/mol. The van der Waals surface area contributed by atoms with Crippen LogP contribution in [0.3, 0.4) is 0 Å². The van der Waals surface area contributed by atoms with E-state index in [9.17, 15) is 0 Å². The number of hydrogen-bond donors (Lipinski definition) is 2. The monoisotopic (exact) mass is 288 g/mol. The van der Waals surface area contributed by atoms with Crippen molar-refractivity contribution < 1.29 is 4.74 Å². The minimum absolute atomic E-state index is 0.258. The van der Waals surface area contributed by atoms with Gasteiger partial charge in [-0.05, 0) is 31.9 Å². The molecule has 112 valence electrons. The number of morpholine rings is 1. The van der Waals surface area contributed by atoms with E-state index >= 15 is 0 Å². The maximum Gasteiger partial charge on any atom is 0.191 e. The molecule has 1 aliphatic rings. The molecule has 1 fully saturated rings. The number of nitrogens with one attached hydrogen (secondary N) is 2. The number of ether oxygens (including phenoxy) is 1. The predicted octanol–water partition coefficient (Wildman–Crippen LogP) is 0.625. The second-order valence-corrected chi connectivity index (χ2v) is 5.82. The van der Waals surface area contributed by atoms with Crippen molar-refractivity contribution in [1.82, 2.24) is 15.5 Å². The van der Waals surface area contributed by atoms with Crippen LogP contribution in [0.1, 0.15) is 12.8 Å². The Bertz CT molecular complexity index is 263. The maximum atomic E-state index is 5.71. The molecule has 1 unspecified atom stereocenters. The third-order valence-electron chi connectivity index (χ3n) is 3.13. The van der Waals surface area contributed by atoms with E-state index in [1.165, 1.54) is 18.6 Å². The minimum atomic E-state index is 0.258. The fourth-order valence-electron chi connectivity index (χ4n) is 2.00. The van der Waals surface area contributed by atoms with E-state index in [1.807, 2.05) is 18.8 Å². The summed E-state index contributed by atoms with van der Waals surface area (Å²) in [6, 6.07) is 0. The van der Waals surface area contributed by atoms with Crippen molar-refractivity contribution in [3.63, 3.8) is 0 Å². The van der Waals surface area contributed by atoms with Gasteiger partial charge in [0.2, 0.25) is 0 Å². The molecule has 1 saturated heterocycles. The van der Waals surface area contributed by atoms with E-state index in [1.54, 1.807) is 0 Å². The molecule has 0 aliphatic carbocycles. The van der Waals surface area contributed by atoms with Gasteiger partial charge in [-0.2, -0.15) is 11.8 Å². The SMILES string of the molecule is CN=C(NCCCCSC)NCC1CN(C)CCO1. The quantitative estimate of drug-likeness (QED) is 0.409. The molecule has 1 heterocycles. The standard InChI is InChI=1S/C13H28N4OS/c1-14-13(15-6-4-5-9-19-3)16-10-12-11-17(2)7-8-18-12/h12H,4-11H2,1-3H3,(H2,14,15,16). The van der Waals surface area contributed by atoms with Crippen molar-refractivity contribution in [3.05, 3.63) is 0 Å². The van der Waals surface area contributed by atoms with Gasteiger partial charge in [0.05, 0.1) is 12.7 Å². The summed E-state index contributed by atoms with van der Waals surface area (Å²) >= 11 is 1.90. The van der Waals surface area contributed by atoms with Crippen LogP contribution in [0.5, 0.6) is 0 Å². The van der Waals surface area contributed by atoms with Crippen LogP contribution >= 0.6 is 11.8 Å². The topological polar surface area (TPSA) is 48.9 Å². The highest BCUT2D eigenvalue weighted by Gasteiger charge is 2.17. The number of hydrogen-bond acceptors (Lipinski definition) is 4. The van der Waals surface area contributed by atoms with Crippen LogP contribution in [-0.2, 0) is 4.74 Å². The summed E-state index contributed by atoms with van der Waals surface area (Å²) < 4.78 is 5.71. The van der Waals surface area contributed by atoms with E-state index in [0.29, 0.717) is 0 Å². The first-order valence-electron chi connectivity index (χ1n) is 7.00. The lowest BCUT2D eigenvalue weighted by atomic mass is 10.3. The van der Waals surface area contributed by atoms with Gasteiger partial charge in [-0.15, -0.1) is 0 Å². The lowest BCUT2D eigenvalue weighted by Crippen LogP contribution is -2.48. The van der Waals surface area contributed by atoms with Gasteiger partial charge < -0.3 is 20.3 Å². The molecule has 0 aromatic rings. The van der Waals surface area contributed by atoms with Crippen molar-refractivity contribution in [3.8, 4) is 0 Å². The molecule has 0 amide bonds. The summed E-state index contributed by atoms with van der Waals surface area (Å²) in [6.45, 7) is 4.63. The largest absolute Gasteiger partial charge is 0.374 e. The van der Waals surface area contributed by atoms with Gasteiger partial charge in [0.15, 0.2) is 5.96 Å². The molecule has 1 atom stereocenters. The first-order valence-corrected chi connectivity index (χ1v) is 8.39. The summed E-state index contributed by atoms with van der Waals surface area (Å²) in [5.74, 6) is 2.11. The number of likely N-dealkylation sites (N-methyl/N-ethyl adjacent to an activating group) is 1. The third kappa shape index (κ3) is 7.64. The van der Waals surface area contributed by atoms with E-state index in [-0.39, 0.29) is 6.10 Å². The highest BCUT2D eigenvalue weighted by Crippen LogP contribution is 2.01. The van der Waals surface area contributed by atoms with E-state index in [2.05, 4.69) is 33.8 Å². The van der Waals surface area contributed by atoms with Crippen molar-refractivity contribution in [2.75, 3.05) is 58.9 Å². The molecule has 1 aliphatic heterocycles. The number of guanidine groups is 1. The Morgan fingerprint density at radius 2 is 2.26 bits per heavy atom. The maximum absolute atomic E-state index is 5.71. The molecule has 0 spiro atoms. The Hall–Kier alpha value is -0.460. The summed E-state index contributed by atoms with van der Waals surface area (Å²) in [5, 5.41) is 6.67. The molecular weight excluding hydrogens is 260 g/mol. The van der Waals surface area contributed by atoms with Gasteiger partial charge in [0.25, 0.3) is 0 Å². The Labute approximate surface area is 121 Å². The lowest BCUT2D eigenvalue weighted by molar-refractivity contribution is -0.0161. The Morgan fingerprint density at radius 3 is 2.95 bits per heavy atom. The van der Waals surface area contributed by atoms with Crippen LogP contribution in [0.25, 0.3) is 0 Å². The summed E-state index contributed by atoms with van der Waals surface area (Å²) in [7, 11) is 3.94. The number of unbranched alkanes of at least 4 members (excludes halogenated alkanes) is 1. The fourth-order valence-corrected chi connectivity index (χ4v) is 2.49. The second kappa shape index (κ2) is 10.3. The molecule has 1 rings (SSSR count). The minimum Gasteiger partial charge on any atom is -0.374 e. The lowest BCUT2D eigenvalue weighted by Gasteiger charge is -2.30. The second-order valence-electron chi connectivity index (χ2n) is 4.83. The number of thioether (sulfide) groups is 1. The molecule has 19 heavy (non-hydrogen) atoms. The van der Waals surface area contributed by atoms with Crippen LogP contribution < -0.4 is 10.6 Å². The summed E-state index contributed by atoms with van der Waals surface area (Å²) in [6.07, 6.45) is 4.84. The number of nitrogens with zero attached hydrogens (tertiary/aromatic N) is 2. The van der Waals surface area contributed by atoms with Crippen molar-refractivity contribution >= 4 is 17.7 Å². The molecule has 0 bridgehead atoms. The molecule has 0 saturated carbocycles. The zero-order valence-electron chi connectivity index (χ0n) is 12.4. The average Bonchev–Trinajstić information content (AvgIpc) is 2.42. The zero-order valence-corrected chi connectivity index (χ0v) is 13.3. The smallest absolute Gasteiger partial charge is 0.191 e.